The second-order valence-corrected chi connectivity index (χ2v) is 5.61. The third kappa shape index (κ3) is 3.27. The summed E-state index contributed by atoms with van der Waals surface area (Å²) in [6.45, 7) is 1.93. The van der Waals surface area contributed by atoms with Crippen molar-refractivity contribution < 1.29 is 9.53 Å². The molecule has 23 heavy (non-hydrogen) atoms. The highest BCUT2D eigenvalue weighted by Crippen LogP contribution is 2.28. The maximum Gasteiger partial charge on any atom is 0.337 e. The van der Waals surface area contributed by atoms with Crippen molar-refractivity contribution in [3.05, 3.63) is 64.8 Å². The number of carbonyl (C=O) groups is 1. The number of fused-ring (bicyclic) bond motifs is 1. The molecule has 0 aliphatic carbocycles. The Bertz CT molecular complexity index is 888. The minimum atomic E-state index is -0.365. The fraction of sp³-hybridized carbons (Fsp3) is 0.111. The van der Waals surface area contributed by atoms with Gasteiger partial charge in [0.05, 0.1) is 18.2 Å². The molecule has 0 unspecified atom stereocenters. The van der Waals surface area contributed by atoms with Gasteiger partial charge in [0, 0.05) is 27.5 Å². The van der Waals surface area contributed by atoms with E-state index in [0.29, 0.717) is 10.6 Å². The van der Waals surface area contributed by atoms with Crippen LogP contribution in [-0.2, 0) is 4.74 Å². The summed E-state index contributed by atoms with van der Waals surface area (Å²) in [7, 11) is 1.37. The fourth-order valence-corrected chi connectivity index (χ4v) is 2.60. The van der Waals surface area contributed by atoms with Crippen LogP contribution in [0.2, 0.25) is 5.02 Å². The Kier molecular flexibility index (Phi) is 4.17. The van der Waals surface area contributed by atoms with Crippen molar-refractivity contribution in [2.24, 2.45) is 0 Å². The van der Waals surface area contributed by atoms with Crippen molar-refractivity contribution in [1.29, 1.82) is 0 Å². The minimum Gasteiger partial charge on any atom is -0.465 e. The Morgan fingerprint density at radius 3 is 2.78 bits per heavy atom. The highest BCUT2D eigenvalue weighted by atomic mass is 35.5. The van der Waals surface area contributed by atoms with E-state index in [4.69, 9.17) is 16.3 Å². The summed E-state index contributed by atoms with van der Waals surface area (Å²) >= 11 is 6.04. The van der Waals surface area contributed by atoms with Crippen molar-refractivity contribution in [3.8, 4) is 0 Å². The van der Waals surface area contributed by atoms with Crippen LogP contribution in [0.3, 0.4) is 0 Å². The lowest BCUT2D eigenvalue weighted by molar-refractivity contribution is 0.0601. The Morgan fingerprint density at radius 2 is 2.00 bits per heavy atom. The third-order valence-electron chi connectivity index (χ3n) is 3.46. The van der Waals surface area contributed by atoms with Crippen molar-refractivity contribution in [2.45, 2.75) is 6.92 Å². The van der Waals surface area contributed by atoms with E-state index in [1.807, 2.05) is 43.3 Å². The molecule has 0 aliphatic rings. The Balaban J connectivity index is 2.03. The molecule has 0 atom stereocenters. The molecule has 0 saturated carbocycles. The molecule has 2 aromatic carbocycles. The molecule has 0 spiro atoms. The molecule has 0 aliphatic heterocycles. The van der Waals surface area contributed by atoms with E-state index in [9.17, 15) is 4.79 Å². The number of rotatable bonds is 3. The number of aromatic nitrogens is 1. The summed E-state index contributed by atoms with van der Waals surface area (Å²) in [5, 5.41) is 4.94. The number of hydrogen-bond acceptors (Lipinski definition) is 4. The molecule has 1 aromatic heterocycles. The van der Waals surface area contributed by atoms with Crippen LogP contribution in [-0.4, -0.2) is 18.1 Å². The highest BCUT2D eigenvalue weighted by Gasteiger charge is 2.08. The molecule has 3 rings (SSSR count). The van der Waals surface area contributed by atoms with Crippen molar-refractivity contribution >= 4 is 39.8 Å². The number of carbonyl (C=O) groups excluding carboxylic acids is 1. The highest BCUT2D eigenvalue weighted by molar-refractivity contribution is 6.31. The van der Waals surface area contributed by atoms with E-state index in [1.54, 1.807) is 12.1 Å². The number of pyridine rings is 1. The van der Waals surface area contributed by atoms with Gasteiger partial charge in [-0.15, -0.1) is 0 Å². The molecule has 4 nitrogen and oxygen atoms in total. The van der Waals surface area contributed by atoms with E-state index < -0.39 is 0 Å². The van der Waals surface area contributed by atoms with Gasteiger partial charge in [-0.1, -0.05) is 17.7 Å². The molecule has 1 N–H and O–H groups in total. The first-order valence-electron chi connectivity index (χ1n) is 7.09. The average molecular weight is 327 g/mol. The Morgan fingerprint density at radius 1 is 1.17 bits per heavy atom. The van der Waals surface area contributed by atoms with Gasteiger partial charge in [0.1, 0.15) is 0 Å². The lowest BCUT2D eigenvalue weighted by Gasteiger charge is -2.12. The summed E-state index contributed by atoms with van der Waals surface area (Å²) in [6, 6.07) is 14.7. The number of nitrogens with zero attached hydrogens (tertiary/aromatic N) is 1. The zero-order chi connectivity index (χ0) is 16.4. The molecule has 0 fully saturated rings. The molecule has 0 saturated heterocycles. The molecule has 5 heteroatoms. The normalized spacial score (nSPS) is 10.6. The second kappa shape index (κ2) is 6.26. The van der Waals surface area contributed by atoms with Gasteiger partial charge in [-0.05, 0) is 49.4 Å². The zero-order valence-electron chi connectivity index (χ0n) is 12.8. The Hall–Kier alpha value is -2.59. The van der Waals surface area contributed by atoms with Gasteiger partial charge in [-0.3, -0.25) is 4.98 Å². The van der Waals surface area contributed by atoms with Gasteiger partial charge in [0.15, 0.2) is 0 Å². The second-order valence-electron chi connectivity index (χ2n) is 5.17. The van der Waals surface area contributed by atoms with Gasteiger partial charge >= 0.3 is 5.97 Å². The number of anilines is 2. The van der Waals surface area contributed by atoms with Crippen molar-refractivity contribution in [3.63, 3.8) is 0 Å². The smallest absolute Gasteiger partial charge is 0.337 e. The SMILES string of the molecule is COC(=O)c1cccc(Nc2cc(C)nc3cc(Cl)ccc23)c1. The van der Waals surface area contributed by atoms with Gasteiger partial charge < -0.3 is 10.1 Å². The number of methoxy groups -OCH3 is 1. The fourth-order valence-electron chi connectivity index (χ4n) is 2.43. The van der Waals surface area contributed by atoms with E-state index in [-0.39, 0.29) is 5.97 Å². The lowest BCUT2D eigenvalue weighted by atomic mass is 10.1. The predicted octanol–water partition coefficient (Wildman–Crippen LogP) is 4.73. The Labute approximate surface area is 139 Å². The molecule has 0 bridgehead atoms. The van der Waals surface area contributed by atoms with Crippen LogP contribution in [0, 0.1) is 6.92 Å². The topological polar surface area (TPSA) is 51.2 Å². The van der Waals surface area contributed by atoms with Crippen molar-refractivity contribution in [2.75, 3.05) is 12.4 Å². The third-order valence-corrected chi connectivity index (χ3v) is 3.70. The number of hydrogen-bond donors (Lipinski definition) is 1. The van der Waals surface area contributed by atoms with E-state index in [0.717, 1.165) is 28.0 Å². The van der Waals surface area contributed by atoms with Crippen LogP contribution in [0.15, 0.2) is 48.5 Å². The molecule has 3 aromatic rings. The number of aryl methyl sites for hydroxylation is 1. The molecule has 0 amide bonds. The van der Waals surface area contributed by atoms with Gasteiger partial charge in [-0.2, -0.15) is 0 Å². The standard InChI is InChI=1S/C18H15ClN2O2/c1-11-8-16(15-7-6-13(19)10-17(15)20-11)21-14-5-3-4-12(9-14)18(22)23-2/h3-10H,1-2H3,(H,20,21). The number of benzene rings is 2. The van der Waals surface area contributed by atoms with Crippen LogP contribution in [0.4, 0.5) is 11.4 Å². The molecule has 0 radical (unpaired) electrons. The summed E-state index contributed by atoms with van der Waals surface area (Å²) in [6.07, 6.45) is 0. The van der Waals surface area contributed by atoms with E-state index in [1.165, 1.54) is 7.11 Å². The number of nitrogens with one attached hydrogen (secondary N) is 1. The maximum absolute atomic E-state index is 11.6. The average Bonchev–Trinajstić information content (AvgIpc) is 2.53. The quantitative estimate of drug-likeness (QED) is 0.707. The summed E-state index contributed by atoms with van der Waals surface area (Å²) in [5.41, 5.74) is 3.91. The van der Waals surface area contributed by atoms with Crippen molar-refractivity contribution in [1.82, 2.24) is 4.98 Å². The summed E-state index contributed by atoms with van der Waals surface area (Å²) in [5.74, 6) is -0.365. The molecular weight excluding hydrogens is 312 g/mol. The monoisotopic (exact) mass is 326 g/mol. The van der Waals surface area contributed by atoms with Gasteiger partial charge in [0.25, 0.3) is 0 Å². The largest absolute Gasteiger partial charge is 0.465 e. The van der Waals surface area contributed by atoms with E-state index in [2.05, 4.69) is 10.3 Å². The van der Waals surface area contributed by atoms with Crippen LogP contribution >= 0.6 is 11.6 Å². The van der Waals surface area contributed by atoms with Crippen LogP contribution in [0.5, 0.6) is 0 Å². The number of esters is 1. The summed E-state index contributed by atoms with van der Waals surface area (Å²) < 4.78 is 4.75. The zero-order valence-corrected chi connectivity index (χ0v) is 13.5. The van der Waals surface area contributed by atoms with E-state index >= 15 is 0 Å². The first-order chi connectivity index (χ1) is 11.1. The van der Waals surface area contributed by atoms with Crippen LogP contribution in [0.1, 0.15) is 16.1 Å². The van der Waals surface area contributed by atoms with Crippen LogP contribution < -0.4 is 5.32 Å². The first-order valence-corrected chi connectivity index (χ1v) is 7.47. The number of halogens is 1. The summed E-state index contributed by atoms with van der Waals surface area (Å²) in [4.78, 5) is 16.1. The minimum absolute atomic E-state index is 0.365. The van der Waals surface area contributed by atoms with Gasteiger partial charge in [-0.25, -0.2) is 4.79 Å². The molecular formula is C18H15ClN2O2. The first kappa shape index (κ1) is 15.3. The lowest BCUT2D eigenvalue weighted by Crippen LogP contribution is -2.02. The molecule has 116 valence electrons. The van der Waals surface area contributed by atoms with Crippen LogP contribution in [0.25, 0.3) is 10.9 Å². The predicted molar refractivity (Wildman–Crippen MR) is 92.6 cm³/mol. The maximum atomic E-state index is 11.6. The van der Waals surface area contributed by atoms with Gasteiger partial charge in [0.2, 0.25) is 0 Å². The molecule has 1 heterocycles. The number of ether oxygens (including phenoxy) is 1.